The summed E-state index contributed by atoms with van der Waals surface area (Å²) in [6, 6.07) is 0. The molecule has 1 aliphatic rings. The number of hydrogen-bond acceptors (Lipinski definition) is 1. The lowest BCUT2D eigenvalue weighted by molar-refractivity contribution is -0.124. The van der Waals surface area contributed by atoms with E-state index >= 15 is 0 Å². The normalized spacial score (nSPS) is 35.0. The second-order valence-electron chi connectivity index (χ2n) is 5.04. The van der Waals surface area contributed by atoms with Crippen molar-refractivity contribution in [1.29, 1.82) is 0 Å². The van der Waals surface area contributed by atoms with Crippen LogP contribution in [0.3, 0.4) is 0 Å². The van der Waals surface area contributed by atoms with E-state index in [1.165, 1.54) is 12.8 Å². The zero-order chi connectivity index (χ0) is 10.0. The van der Waals surface area contributed by atoms with Crippen LogP contribution in [-0.2, 0) is 4.79 Å². The van der Waals surface area contributed by atoms with E-state index in [1.807, 2.05) is 0 Å². The third kappa shape index (κ3) is 2.55. The molecule has 0 saturated heterocycles. The third-order valence-electron chi connectivity index (χ3n) is 3.54. The minimum absolute atomic E-state index is 0.351. The van der Waals surface area contributed by atoms with Crippen LogP contribution in [0.4, 0.5) is 0 Å². The average Bonchev–Trinajstić information content (AvgIpc) is 2.03. The highest BCUT2D eigenvalue weighted by Crippen LogP contribution is 2.38. The van der Waals surface area contributed by atoms with Gasteiger partial charge in [0.25, 0.3) is 0 Å². The first-order valence-electron chi connectivity index (χ1n) is 5.52. The van der Waals surface area contributed by atoms with Gasteiger partial charge in [-0.1, -0.05) is 27.2 Å². The van der Waals surface area contributed by atoms with Gasteiger partial charge in [-0.2, -0.15) is 0 Å². The highest BCUT2D eigenvalue weighted by Gasteiger charge is 2.33. The van der Waals surface area contributed by atoms with E-state index in [4.69, 9.17) is 0 Å². The smallest absolute Gasteiger partial charge is 0.133 e. The molecule has 3 atom stereocenters. The summed E-state index contributed by atoms with van der Waals surface area (Å²) in [6.45, 7) is 8.53. The Morgan fingerprint density at radius 2 is 1.92 bits per heavy atom. The van der Waals surface area contributed by atoms with Gasteiger partial charge in [-0.15, -0.1) is 0 Å². The fraction of sp³-hybridized carbons (Fsp3) is 0.917. The van der Waals surface area contributed by atoms with Crippen LogP contribution in [0, 0.1) is 23.7 Å². The summed E-state index contributed by atoms with van der Waals surface area (Å²) in [7, 11) is 0. The van der Waals surface area contributed by atoms with Gasteiger partial charge in [-0.05, 0) is 37.5 Å². The quantitative estimate of drug-likeness (QED) is 0.640. The van der Waals surface area contributed by atoms with Crippen LogP contribution < -0.4 is 0 Å². The van der Waals surface area contributed by atoms with Gasteiger partial charge in [0.1, 0.15) is 5.78 Å². The maximum atomic E-state index is 11.5. The summed E-state index contributed by atoms with van der Waals surface area (Å²) in [5, 5.41) is 0. The standard InChI is InChI=1S/C12H22O/c1-8(2)11-6-5-9(3)7-12(11)10(4)13/h8-9,11-12H,5-7H2,1-4H3/t9-,11+,12?/m1/s1. The molecule has 1 heteroatoms. The monoisotopic (exact) mass is 182 g/mol. The van der Waals surface area contributed by atoms with Crippen molar-refractivity contribution in [2.75, 3.05) is 0 Å². The van der Waals surface area contributed by atoms with Gasteiger partial charge in [0.15, 0.2) is 0 Å². The van der Waals surface area contributed by atoms with Gasteiger partial charge in [0.05, 0.1) is 0 Å². The summed E-state index contributed by atoms with van der Waals surface area (Å²) in [5.41, 5.74) is 0. The minimum atomic E-state index is 0.351. The van der Waals surface area contributed by atoms with E-state index < -0.39 is 0 Å². The molecule has 0 aromatic heterocycles. The first kappa shape index (κ1) is 10.7. The van der Waals surface area contributed by atoms with Crippen LogP contribution in [0.25, 0.3) is 0 Å². The molecule has 1 unspecified atom stereocenters. The van der Waals surface area contributed by atoms with Crippen LogP contribution in [-0.4, -0.2) is 5.78 Å². The summed E-state index contributed by atoms with van der Waals surface area (Å²) >= 11 is 0. The molecule has 0 heterocycles. The van der Waals surface area contributed by atoms with Crippen molar-refractivity contribution in [2.24, 2.45) is 23.7 Å². The van der Waals surface area contributed by atoms with Crippen molar-refractivity contribution < 1.29 is 4.79 Å². The van der Waals surface area contributed by atoms with Gasteiger partial charge < -0.3 is 0 Å². The first-order valence-corrected chi connectivity index (χ1v) is 5.52. The molecule has 0 radical (unpaired) electrons. The molecule has 1 aliphatic carbocycles. The van der Waals surface area contributed by atoms with Gasteiger partial charge in [-0.25, -0.2) is 0 Å². The van der Waals surface area contributed by atoms with E-state index in [-0.39, 0.29) is 0 Å². The number of carbonyl (C=O) groups is 1. The Balaban J connectivity index is 2.66. The number of hydrogen-bond donors (Lipinski definition) is 0. The molecule has 0 aromatic carbocycles. The highest BCUT2D eigenvalue weighted by molar-refractivity contribution is 5.78. The predicted molar refractivity (Wildman–Crippen MR) is 55.5 cm³/mol. The summed E-state index contributed by atoms with van der Waals surface area (Å²) in [4.78, 5) is 11.5. The maximum absolute atomic E-state index is 11.5. The average molecular weight is 182 g/mol. The Morgan fingerprint density at radius 1 is 1.31 bits per heavy atom. The minimum Gasteiger partial charge on any atom is -0.300 e. The van der Waals surface area contributed by atoms with Crippen molar-refractivity contribution in [2.45, 2.75) is 47.0 Å². The van der Waals surface area contributed by atoms with Crippen LogP contribution in [0.1, 0.15) is 47.0 Å². The molecular weight excluding hydrogens is 160 g/mol. The van der Waals surface area contributed by atoms with E-state index in [9.17, 15) is 4.79 Å². The molecular formula is C12H22O. The largest absolute Gasteiger partial charge is 0.300 e. The fourth-order valence-corrected chi connectivity index (χ4v) is 2.67. The molecule has 1 nitrogen and oxygen atoms in total. The second-order valence-corrected chi connectivity index (χ2v) is 5.04. The zero-order valence-electron chi connectivity index (χ0n) is 9.34. The number of Topliss-reactive ketones (excluding diaryl/α,β-unsaturated/α-hetero) is 1. The maximum Gasteiger partial charge on any atom is 0.133 e. The third-order valence-corrected chi connectivity index (χ3v) is 3.54. The molecule has 1 rings (SSSR count). The lowest BCUT2D eigenvalue weighted by atomic mass is 9.69. The molecule has 13 heavy (non-hydrogen) atoms. The summed E-state index contributed by atoms with van der Waals surface area (Å²) < 4.78 is 0. The highest BCUT2D eigenvalue weighted by atomic mass is 16.1. The molecule has 0 amide bonds. The van der Waals surface area contributed by atoms with Crippen molar-refractivity contribution in [3.63, 3.8) is 0 Å². The molecule has 0 aromatic rings. The van der Waals surface area contributed by atoms with Gasteiger partial charge in [-0.3, -0.25) is 4.79 Å². The predicted octanol–water partition coefficient (Wildman–Crippen LogP) is 3.28. The van der Waals surface area contributed by atoms with Gasteiger partial charge in [0, 0.05) is 5.92 Å². The van der Waals surface area contributed by atoms with Crippen LogP contribution in [0.2, 0.25) is 0 Å². The molecule has 1 saturated carbocycles. The lowest BCUT2D eigenvalue weighted by Gasteiger charge is -2.35. The van der Waals surface area contributed by atoms with Crippen molar-refractivity contribution in [1.82, 2.24) is 0 Å². The lowest BCUT2D eigenvalue weighted by Crippen LogP contribution is -2.32. The number of ketones is 1. The van der Waals surface area contributed by atoms with Gasteiger partial charge in [0.2, 0.25) is 0 Å². The second kappa shape index (κ2) is 4.26. The molecule has 0 aliphatic heterocycles. The van der Waals surface area contributed by atoms with Crippen molar-refractivity contribution >= 4 is 5.78 Å². The van der Waals surface area contributed by atoms with E-state index in [1.54, 1.807) is 6.92 Å². The van der Waals surface area contributed by atoms with E-state index in [0.717, 1.165) is 12.3 Å². The fourth-order valence-electron chi connectivity index (χ4n) is 2.67. The Kier molecular flexibility index (Phi) is 3.52. The van der Waals surface area contributed by atoms with Crippen molar-refractivity contribution in [3.05, 3.63) is 0 Å². The van der Waals surface area contributed by atoms with Crippen molar-refractivity contribution in [3.8, 4) is 0 Å². The Morgan fingerprint density at radius 3 is 2.38 bits per heavy atom. The Bertz CT molecular complexity index is 184. The summed E-state index contributed by atoms with van der Waals surface area (Å²) in [6.07, 6.45) is 3.69. The van der Waals surface area contributed by atoms with Crippen LogP contribution >= 0.6 is 0 Å². The Labute approximate surface area is 81.9 Å². The van der Waals surface area contributed by atoms with Crippen LogP contribution in [0.15, 0.2) is 0 Å². The molecule has 0 N–H and O–H groups in total. The molecule has 0 bridgehead atoms. The number of rotatable bonds is 2. The topological polar surface area (TPSA) is 17.1 Å². The zero-order valence-corrected chi connectivity index (χ0v) is 9.34. The first-order chi connectivity index (χ1) is 6.02. The summed E-state index contributed by atoms with van der Waals surface area (Å²) in [5.74, 6) is 2.83. The van der Waals surface area contributed by atoms with E-state index in [2.05, 4.69) is 20.8 Å². The van der Waals surface area contributed by atoms with Gasteiger partial charge >= 0.3 is 0 Å². The molecule has 76 valence electrons. The Hall–Kier alpha value is -0.330. The molecule has 1 fully saturated rings. The van der Waals surface area contributed by atoms with E-state index in [0.29, 0.717) is 23.5 Å². The number of carbonyl (C=O) groups excluding carboxylic acids is 1. The SMILES string of the molecule is CC(=O)C1C[C@H](C)CC[C@H]1C(C)C. The van der Waals surface area contributed by atoms with Crippen LogP contribution in [0.5, 0.6) is 0 Å². The molecule has 0 spiro atoms.